The summed E-state index contributed by atoms with van der Waals surface area (Å²) in [6.07, 6.45) is 0. The maximum Gasteiger partial charge on any atom is 0.203 e. The van der Waals surface area contributed by atoms with Gasteiger partial charge in [0.1, 0.15) is 16.7 Å². The molecule has 7 nitrogen and oxygen atoms in total. The third-order valence-electron chi connectivity index (χ3n) is 4.19. The normalized spacial score (nSPS) is 10.6. The van der Waals surface area contributed by atoms with Gasteiger partial charge in [0.15, 0.2) is 28.4 Å². The van der Waals surface area contributed by atoms with E-state index < -0.39 is 0 Å². The van der Waals surface area contributed by atoms with Gasteiger partial charge in [-0.15, -0.1) is 0 Å². The minimum Gasteiger partial charge on any atom is -0.493 e. The van der Waals surface area contributed by atoms with Gasteiger partial charge in [0.25, 0.3) is 0 Å². The Kier molecular flexibility index (Phi) is 5.12. The van der Waals surface area contributed by atoms with Crippen molar-refractivity contribution in [3.8, 4) is 40.1 Å². The predicted octanol–water partition coefficient (Wildman–Crippen LogP) is 3.50. The zero-order valence-electron chi connectivity index (χ0n) is 15.7. The Hall–Kier alpha value is -3.35. The molecule has 0 aliphatic carbocycles. The molecule has 0 amide bonds. The Morgan fingerprint density at radius 3 is 1.81 bits per heavy atom. The lowest BCUT2D eigenvalue weighted by atomic mass is 10.1. The van der Waals surface area contributed by atoms with Crippen LogP contribution in [0.2, 0.25) is 0 Å². The monoisotopic (exact) mass is 372 g/mol. The summed E-state index contributed by atoms with van der Waals surface area (Å²) in [7, 11) is 7.55. The number of methoxy groups -OCH3 is 5. The van der Waals surface area contributed by atoms with Crippen LogP contribution in [-0.2, 0) is 0 Å². The molecule has 0 radical (unpaired) electrons. The van der Waals surface area contributed by atoms with Crippen molar-refractivity contribution < 1.29 is 28.1 Å². The maximum absolute atomic E-state index is 12.8. The Morgan fingerprint density at radius 1 is 0.704 bits per heavy atom. The first-order valence-corrected chi connectivity index (χ1v) is 8.07. The molecule has 0 atom stereocenters. The molecule has 0 N–H and O–H groups in total. The fourth-order valence-electron chi connectivity index (χ4n) is 2.93. The van der Waals surface area contributed by atoms with Crippen molar-refractivity contribution in [2.75, 3.05) is 35.5 Å². The molecule has 3 rings (SSSR count). The molecule has 0 bridgehead atoms. The molecule has 142 valence electrons. The first-order chi connectivity index (χ1) is 13.1. The van der Waals surface area contributed by atoms with Crippen LogP contribution in [0.1, 0.15) is 0 Å². The van der Waals surface area contributed by atoms with Crippen molar-refractivity contribution in [1.29, 1.82) is 0 Å². The summed E-state index contributed by atoms with van der Waals surface area (Å²) < 4.78 is 32.6. The second kappa shape index (κ2) is 7.49. The van der Waals surface area contributed by atoms with E-state index >= 15 is 0 Å². The van der Waals surface area contributed by atoms with Gasteiger partial charge in [0.05, 0.1) is 35.5 Å². The van der Waals surface area contributed by atoms with Crippen molar-refractivity contribution in [2.45, 2.75) is 0 Å². The SMILES string of the molecule is COc1cc(-c2cc(=O)c3c(OC)c(OC)ccc3o2)cc(OC)c1OC. The highest BCUT2D eigenvalue weighted by atomic mass is 16.5. The van der Waals surface area contributed by atoms with Gasteiger partial charge in [-0.25, -0.2) is 0 Å². The molecule has 27 heavy (non-hydrogen) atoms. The highest BCUT2D eigenvalue weighted by Crippen LogP contribution is 2.42. The van der Waals surface area contributed by atoms with E-state index in [-0.39, 0.29) is 5.43 Å². The fraction of sp³-hybridized carbons (Fsp3) is 0.250. The first kappa shape index (κ1) is 18.4. The summed E-state index contributed by atoms with van der Waals surface area (Å²) in [6.45, 7) is 0. The highest BCUT2D eigenvalue weighted by molar-refractivity contribution is 5.87. The van der Waals surface area contributed by atoms with Crippen molar-refractivity contribution >= 4 is 11.0 Å². The van der Waals surface area contributed by atoms with Gasteiger partial charge in [-0.3, -0.25) is 4.79 Å². The summed E-state index contributed by atoms with van der Waals surface area (Å²) >= 11 is 0. The zero-order chi connectivity index (χ0) is 19.6. The number of ether oxygens (including phenoxy) is 5. The number of fused-ring (bicyclic) bond motifs is 1. The van der Waals surface area contributed by atoms with Crippen LogP contribution in [0.4, 0.5) is 0 Å². The van der Waals surface area contributed by atoms with Crippen LogP contribution in [0.25, 0.3) is 22.3 Å². The van der Waals surface area contributed by atoms with Gasteiger partial charge >= 0.3 is 0 Å². The van der Waals surface area contributed by atoms with Crippen molar-refractivity contribution in [3.05, 3.63) is 40.6 Å². The van der Waals surface area contributed by atoms with Gasteiger partial charge in [-0.2, -0.15) is 0 Å². The van der Waals surface area contributed by atoms with Crippen LogP contribution in [-0.4, -0.2) is 35.5 Å². The van der Waals surface area contributed by atoms with E-state index in [4.69, 9.17) is 28.1 Å². The van der Waals surface area contributed by atoms with E-state index in [1.807, 2.05) is 0 Å². The molecule has 0 saturated heterocycles. The van der Waals surface area contributed by atoms with Gasteiger partial charge in [-0.05, 0) is 24.3 Å². The topological polar surface area (TPSA) is 76.4 Å². The third kappa shape index (κ3) is 3.12. The van der Waals surface area contributed by atoms with Crippen molar-refractivity contribution in [3.63, 3.8) is 0 Å². The van der Waals surface area contributed by atoms with Crippen LogP contribution >= 0.6 is 0 Å². The molecule has 0 unspecified atom stereocenters. The first-order valence-electron chi connectivity index (χ1n) is 8.07. The van der Waals surface area contributed by atoms with Gasteiger partial charge in [0, 0.05) is 11.6 Å². The van der Waals surface area contributed by atoms with E-state index in [1.165, 1.54) is 41.6 Å². The molecule has 3 aromatic rings. The van der Waals surface area contributed by atoms with Crippen LogP contribution in [0.5, 0.6) is 28.7 Å². The number of benzene rings is 2. The second-order valence-electron chi connectivity index (χ2n) is 5.56. The van der Waals surface area contributed by atoms with Gasteiger partial charge in [0.2, 0.25) is 5.75 Å². The second-order valence-corrected chi connectivity index (χ2v) is 5.56. The summed E-state index contributed by atoms with van der Waals surface area (Å²) in [5, 5.41) is 0.313. The Labute approximate surface area is 156 Å². The minimum atomic E-state index is -0.254. The highest BCUT2D eigenvalue weighted by Gasteiger charge is 2.19. The van der Waals surface area contributed by atoms with Crippen LogP contribution in [0, 0.1) is 0 Å². The summed E-state index contributed by atoms with van der Waals surface area (Å²) in [5.74, 6) is 2.53. The molecule has 0 spiro atoms. The smallest absolute Gasteiger partial charge is 0.203 e. The molecule has 7 heteroatoms. The predicted molar refractivity (Wildman–Crippen MR) is 101 cm³/mol. The summed E-state index contributed by atoms with van der Waals surface area (Å²) in [5.41, 5.74) is 0.734. The number of rotatable bonds is 6. The van der Waals surface area contributed by atoms with Crippen molar-refractivity contribution in [2.24, 2.45) is 0 Å². The molecular formula is C20H20O7. The van der Waals surface area contributed by atoms with Crippen LogP contribution < -0.4 is 29.1 Å². The molecule has 0 saturated carbocycles. The maximum atomic E-state index is 12.8. The minimum absolute atomic E-state index is 0.254. The lowest BCUT2D eigenvalue weighted by molar-refractivity contribution is 0.324. The number of hydrogen-bond donors (Lipinski definition) is 0. The molecule has 0 aliphatic heterocycles. The molecular weight excluding hydrogens is 352 g/mol. The van der Waals surface area contributed by atoms with Crippen molar-refractivity contribution in [1.82, 2.24) is 0 Å². The van der Waals surface area contributed by atoms with E-state index in [9.17, 15) is 4.79 Å². The lowest BCUT2D eigenvalue weighted by Gasteiger charge is -2.14. The lowest BCUT2D eigenvalue weighted by Crippen LogP contribution is -2.04. The Morgan fingerprint density at radius 2 is 1.30 bits per heavy atom. The van der Waals surface area contributed by atoms with Crippen LogP contribution in [0.15, 0.2) is 39.5 Å². The summed E-state index contributed by atoms with van der Waals surface area (Å²) in [6, 6.07) is 8.17. The molecule has 0 aliphatic rings. The third-order valence-corrected chi connectivity index (χ3v) is 4.19. The van der Waals surface area contributed by atoms with E-state index in [0.717, 1.165) is 0 Å². The Bertz CT molecular complexity index is 1010. The molecule has 1 aromatic heterocycles. The van der Waals surface area contributed by atoms with Crippen LogP contribution in [0.3, 0.4) is 0 Å². The number of hydrogen-bond acceptors (Lipinski definition) is 7. The Balaban J connectivity index is 2.26. The van der Waals surface area contributed by atoms with E-state index in [2.05, 4.69) is 0 Å². The standard InChI is InChI=1S/C20H20O7/c1-22-14-7-6-13-18(20(14)26-5)12(21)10-15(27-13)11-8-16(23-2)19(25-4)17(9-11)24-3/h6-10H,1-5H3. The molecule has 0 fully saturated rings. The van der Waals surface area contributed by atoms with Gasteiger partial charge < -0.3 is 28.1 Å². The quantitative estimate of drug-likeness (QED) is 0.655. The summed E-state index contributed by atoms with van der Waals surface area (Å²) in [4.78, 5) is 12.8. The molecule has 2 aromatic carbocycles. The average Bonchev–Trinajstić information content (AvgIpc) is 2.71. The average molecular weight is 372 g/mol. The van der Waals surface area contributed by atoms with E-state index in [0.29, 0.717) is 51.0 Å². The zero-order valence-corrected chi connectivity index (χ0v) is 15.7. The fourth-order valence-corrected chi connectivity index (χ4v) is 2.93. The largest absolute Gasteiger partial charge is 0.493 e. The van der Waals surface area contributed by atoms with Gasteiger partial charge in [-0.1, -0.05) is 0 Å². The van der Waals surface area contributed by atoms with E-state index in [1.54, 1.807) is 24.3 Å². The molecule has 1 heterocycles.